The van der Waals surface area contributed by atoms with Crippen LogP contribution in [0.5, 0.6) is 0 Å². The SMILES string of the molecule is CC(C)[C@@](C)(C#N)NC(=O)CSc1nnc(-c2ccccc2Cl)n1C1CCCC1. The second-order valence-electron chi connectivity index (χ2n) is 7.90. The van der Waals surface area contributed by atoms with Crippen LogP contribution in [0, 0.1) is 17.2 Å². The number of nitrogens with zero attached hydrogens (tertiary/aromatic N) is 4. The minimum absolute atomic E-state index is 0.00965. The number of thioether (sulfide) groups is 1. The third-order valence-electron chi connectivity index (χ3n) is 5.59. The Morgan fingerprint density at radius 2 is 2.07 bits per heavy atom. The van der Waals surface area contributed by atoms with Gasteiger partial charge in [0.2, 0.25) is 5.91 Å². The maximum Gasteiger partial charge on any atom is 0.231 e. The van der Waals surface area contributed by atoms with Crippen LogP contribution in [0.15, 0.2) is 29.4 Å². The van der Waals surface area contributed by atoms with Gasteiger partial charge in [0.05, 0.1) is 16.8 Å². The monoisotopic (exact) mass is 431 g/mol. The number of amides is 1. The van der Waals surface area contributed by atoms with Crippen molar-refractivity contribution in [2.45, 2.75) is 63.2 Å². The van der Waals surface area contributed by atoms with Crippen molar-refractivity contribution in [3.8, 4) is 17.5 Å². The summed E-state index contributed by atoms with van der Waals surface area (Å²) >= 11 is 7.76. The van der Waals surface area contributed by atoms with Crippen LogP contribution in [0.25, 0.3) is 11.4 Å². The van der Waals surface area contributed by atoms with Crippen LogP contribution in [0.3, 0.4) is 0 Å². The molecule has 0 saturated heterocycles. The zero-order chi connectivity index (χ0) is 21.0. The van der Waals surface area contributed by atoms with Crippen molar-refractivity contribution in [3.05, 3.63) is 29.3 Å². The molecule has 0 radical (unpaired) electrons. The standard InChI is InChI=1S/C21H26ClN5OS/c1-14(2)21(3,13-23)24-18(28)12-29-20-26-25-19(16-10-6-7-11-17(16)22)27(20)15-8-4-5-9-15/h6-7,10-11,14-15H,4-5,8-9,12H2,1-3H3,(H,24,28)/t21-/m1/s1. The molecule has 6 nitrogen and oxygen atoms in total. The highest BCUT2D eigenvalue weighted by Crippen LogP contribution is 2.38. The summed E-state index contributed by atoms with van der Waals surface area (Å²) in [4.78, 5) is 12.5. The molecule has 1 heterocycles. The first-order chi connectivity index (χ1) is 13.9. The van der Waals surface area contributed by atoms with Gasteiger partial charge in [-0.25, -0.2) is 0 Å². The summed E-state index contributed by atoms with van der Waals surface area (Å²) in [5.74, 6) is 0.745. The van der Waals surface area contributed by atoms with E-state index in [1.54, 1.807) is 6.92 Å². The summed E-state index contributed by atoms with van der Waals surface area (Å²) in [7, 11) is 0. The molecule has 0 bridgehead atoms. The fourth-order valence-electron chi connectivity index (χ4n) is 3.45. The fraction of sp³-hybridized carbons (Fsp3) is 0.524. The maximum absolute atomic E-state index is 12.5. The maximum atomic E-state index is 12.5. The lowest BCUT2D eigenvalue weighted by Crippen LogP contribution is -2.49. The van der Waals surface area contributed by atoms with Crippen LogP contribution >= 0.6 is 23.4 Å². The molecule has 1 aromatic carbocycles. The molecule has 8 heteroatoms. The van der Waals surface area contributed by atoms with E-state index in [0.717, 1.165) is 24.2 Å². The van der Waals surface area contributed by atoms with E-state index in [1.807, 2.05) is 38.1 Å². The van der Waals surface area contributed by atoms with Crippen LogP contribution in [0.1, 0.15) is 52.5 Å². The lowest BCUT2D eigenvalue weighted by Gasteiger charge is -2.27. The van der Waals surface area contributed by atoms with Gasteiger partial charge in [-0.2, -0.15) is 5.26 Å². The Morgan fingerprint density at radius 3 is 2.69 bits per heavy atom. The van der Waals surface area contributed by atoms with Gasteiger partial charge in [0, 0.05) is 11.6 Å². The van der Waals surface area contributed by atoms with Crippen molar-refractivity contribution in [1.82, 2.24) is 20.1 Å². The van der Waals surface area contributed by atoms with Crippen LogP contribution in [-0.4, -0.2) is 32.0 Å². The highest BCUT2D eigenvalue weighted by Gasteiger charge is 2.31. The van der Waals surface area contributed by atoms with Gasteiger partial charge in [-0.05, 0) is 37.8 Å². The van der Waals surface area contributed by atoms with Crippen molar-refractivity contribution in [2.75, 3.05) is 5.75 Å². The minimum Gasteiger partial charge on any atom is -0.337 e. The molecule has 1 aromatic heterocycles. The molecule has 1 atom stereocenters. The van der Waals surface area contributed by atoms with E-state index in [9.17, 15) is 10.1 Å². The van der Waals surface area contributed by atoms with Gasteiger partial charge in [0.1, 0.15) is 5.54 Å². The number of halogens is 1. The number of carbonyl (C=O) groups is 1. The van der Waals surface area contributed by atoms with E-state index in [0.29, 0.717) is 16.2 Å². The summed E-state index contributed by atoms with van der Waals surface area (Å²) < 4.78 is 2.14. The third-order valence-corrected chi connectivity index (χ3v) is 6.86. The van der Waals surface area contributed by atoms with E-state index < -0.39 is 5.54 Å². The number of aromatic nitrogens is 3. The van der Waals surface area contributed by atoms with Gasteiger partial charge in [-0.3, -0.25) is 9.36 Å². The van der Waals surface area contributed by atoms with Gasteiger partial charge in [0.25, 0.3) is 0 Å². The summed E-state index contributed by atoms with van der Waals surface area (Å²) in [5, 5.41) is 22.4. The van der Waals surface area contributed by atoms with Crippen LogP contribution in [0.4, 0.5) is 0 Å². The number of rotatable bonds is 7. The van der Waals surface area contributed by atoms with Crippen LogP contribution in [0.2, 0.25) is 5.02 Å². The highest BCUT2D eigenvalue weighted by molar-refractivity contribution is 7.99. The first-order valence-corrected chi connectivity index (χ1v) is 11.3. The molecule has 0 unspecified atom stereocenters. The average molecular weight is 432 g/mol. The van der Waals surface area contributed by atoms with Crippen molar-refractivity contribution in [2.24, 2.45) is 5.92 Å². The number of nitrogens with one attached hydrogen (secondary N) is 1. The van der Waals surface area contributed by atoms with E-state index in [-0.39, 0.29) is 17.6 Å². The number of hydrogen-bond donors (Lipinski definition) is 1. The largest absolute Gasteiger partial charge is 0.337 e. The topological polar surface area (TPSA) is 83.6 Å². The number of benzene rings is 1. The zero-order valence-electron chi connectivity index (χ0n) is 17.0. The Hall–Kier alpha value is -2.04. The predicted octanol–water partition coefficient (Wildman–Crippen LogP) is 4.86. The van der Waals surface area contributed by atoms with Crippen molar-refractivity contribution in [3.63, 3.8) is 0 Å². The second-order valence-corrected chi connectivity index (χ2v) is 9.25. The first kappa shape index (κ1) is 21.7. The molecule has 29 heavy (non-hydrogen) atoms. The van der Waals surface area contributed by atoms with Crippen LogP contribution < -0.4 is 5.32 Å². The Kier molecular flexibility index (Phi) is 6.86. The molecular weight excluding hydrogens is 406 g/mol. The quantitative estimate of drug-likeness (QED) is 0.633. The molecule has 1 aliphatic carbocycles. The second kappa shape index (κ2) is 9.19. The van der Waals surface area contributed by atoms with Gasteiger partial charge in [-0.1, -0.05) is 62.2 Å². The summed E-state index contributed by atoms with van der Waals surface area (Å²) in [6, 6.07) is 10.1. The van der Waals surface area contributed by atoms with Gasteiger partial charge in [-0.15, -0.1) is 10.2 Å². The molecule has 154 valence electrons. The fourth-order valence-corrected chi connectivity index (χ4v) is 4.48. The first-order valence-electron chi connectivity index (χ1n) is 9.90. The predicted molar refractivity (Wildman–Crippen MR) is 116 cm³/mol. The number of carbonyl (C=O) groups excluding carboxylic acids is 1. The smallest absolute Gasteiger partial charge is 0.231 e. The van der Waals surface area contributed by atoms with E-state index in [1.165, 1.54) is 24.6 Å². The van der Waals surface area contributed by atoms with E-state index in [2.05, 4.69) is 26.2 Å². The Balaban J connectivity index is 1.82. The highest BCUT2D eigenvalue weighted by atomic mass is 35.5. The van der Waals surface area contributed by atoms with Gasteiger partial charge in [0.15, 0.2) is 11.0 Å². The Morgan fingerprint density at radius 1 is 1.38 bits per heavy atom. The zero-order valence-corrected chi connectivity index (χ0v) is 18.6. The normalized spacial score (nSPS) is 16.6. The van der Waals surface area contributed by atoms with Crippen molar-refractivity contribution in [1.29, 1.82) is 5.26 Å². The molecule has 3 rings (SSSR count). The molecular formula is C21H26ClN5OS. The van der Waals surface area contributed by atoms with Gasteiger partial charge < -0.3 is 5.32 Å². The Labute approximate surface area is 181 Å². The minimum atomic E-state index is -0.889. The average Bonchev–Trinajstić information content (AvgIpc) is 3.35. The van der Waals surface area contributed by atoms with E-state index >= 15 is 0 Å². The molecule has 1 N–H and O–H groups in total. The summed E-state index contributed by atoms with van der Waals surface area (Å²) in [6.07, 6.45) is 4.47. The molecule has 0 spiro atoms. The molecule has 1 saturated carbocycles. The van der Waals surface area contributed by atoms with E-state index in [4.69, 9.17) is 11.6 Å². The molecule has 2 aromatic rings. The Bertz CT molecular complexity index is 916. The third kappa shape index (κ3) is 4.76. The summed E-state index contributed by atoms with van der Waals surface area (Å²) in [5.41, 5.74) is -0.0406. The van der Waals surface area contributed by atoms with Crippen molar-refractivity contribution >= 4 is 29.3 Å². The van der Waals surface area contributed by atoms with Crippen molar-refractivity contribution < 1.29 is 4.79 Å². The van der Waals surface area contributed by atoms with Crippen LogP contribution in [-0.2, 0) is 4.79 Å². The summed E-state index contributed by atoms with van der Waals surface area (Å²) in [6.45, 7) is 5.59. The lowest BCUT2D eigenvalue weighted by molar-refractivity contribution is -0.120. The lowest BCUT2D eigenvalue weighted by atomic mass is 9.90. The molecule has 1 aliphatic rings. The molecule has 1 amide bonds. The molecule has 1 fully saturated rings. The van der Waals surface area contributed by atoms with Gasteiger partial charge >= 0.3 is 0 Å². The molecule has 0 aliphatic heterocycles. The number of hydrogen-bond acceptors (Lipinski definition) is 5. The number of nitriles is 1.